The van der Waals surface area contributed by atoms with E-state index in [9.17, 15) is 14.0 Å². The van der Waals surface area contributed by atoms with Gasteiger partial charge in [0.25, 0.3) is 0 Å². The second-order valence-corrected chi connectivity index (χ2v) is 6.57. The number of carbonyl (C=O) groups excluding carboxylic acids is 2. The summed E-state index contributed by atoms with van der Waals surface area (Å²) < 4.78 is 15.7. The van der Waals surface area contributed by atoms with Crippen molar-refractivity contribution in [3.63, 3.8) is 0 Å². The highest BCUT2D eigenvalue weighted by Gasteiger charge is 2.40. The van der Waals surface area contributed by atoms with Crippen molar-refractivity contribution in [1.29, 1.82) is 0 Å². The molecule has 130 valence electrons. The van der Waals surface area contributed by atoms with Gasteiger partial charge in [-0.05, 0) is 49.9 Å². The number of halogens is 1. The van der Waals surface area contributed by atoms with Crippen LogP contribution in [0.1, 0.15) is 25.7 Å². The Morgan fingerprint density at radius 1 is 1.24 bits per heavy atom. The molecular formula is C18H19FN4O2. The second-order valence-electron chi connectivity index (χ2n) is 6.57. The number of anilines is 1. The van der Waals surface area contributed by atoms with E-state index in [4.69, 9.17) is 0 Å². The highest BCUT2D eigenvalue weighted by atomic mass is 19.1. The van der Waals surface area contributed by atoms with Crippen LogP contribution in [-0.2, 0) is 9.59 Å². The molecule has 1 aromatic carbocycles. The van der Waals surface area contributed by atoms with Crippen LogP contribution in [0.15, 0.2) is 36.7 Å². The van der Waals surface area contributed by atoms with E-state index >= 15 is 0 Å². The van der Waals surface area contributed by atoms with Gasteiger partial charge >= 0.3 is 0 Å². The van der Waals surface area contributed by atoms with Crippen molar-refractivity contribution in [3.05, 3.63) is 42.5 Å². The van der Waals surface area contributed by atoms with E-state index in [1.807, 2.05) is 0 Å². The summed E-state index contributed by atoms with van der Waals surface area (Å²) in [5.74, 6) is -0.548. The minimum Gasteiger partial charge on any atom is -0.330 e. The molecule has 25 heavy (non-hydrogen) atoms. The maximum Gasteiger partial charge on any atom is 0.247 e. The van der Waals surface area contributed by atoms with E-state index in [1.54, 1.807) is 35.5 Å². The third kappa shape index (κ3) is 3.14. The predicted octanol–water partition coefficient (Wildman–Crippen LogP) is 2.35. The lowest BCUT2D eigenvalue weighted by atomic mass is 10.2. The zero-order valence-corrected chi connectivity index (χ0v) is 13.7. The smallest absolute Gasteiger partial charge is 0.247 e. The number of benzene rings is 1. The molecule has 4 rings (SSSR count). The van der Waals surface area contributed by atoms with Crippen LogP contribution in [0.2, 0.25) is 0 Å². The highest BCUT2D eigenvalue weighted by Crippen LogP contribution is 2.34. The standard InChI is InChI=1S/C18H19FN4O2/c19-14-11-13(6-7-15(14)23-10-2-8-20-23)21-17(24)16-3-1-9-22(16)18(25)12-4-5-12/h2,6-8,10-12,16H,1,3-5,9H2,(H,21,24)/t16-/m0/s1. The molecule has 0 bridgehead atoms. The molecule has 6 nitrogen and oxygen atoms in total. The molecule has 1 saturated heterocycles. The van der Waals surface area contributed by atoms with Gasteiger partial charge in [0.1, 0.15) is 11.7 Å². The molecular weight excluding hydrogens is 323 g/mol. The Bertz CT molecular complexity index is 801. The van der Waals surface area contributed by atoms with E-state index in [0.717, 1.165) is 19.3 Å². The summed E-state index contributed by atoms with van der Waals surface area (Å²) in [6, 6.07) is 5.74. The lowest BCUT2D eigenvalue weighted by Gasteiger charge is -2.24. The number of aromatic nitrogens is 2. The Labute approximate surface area is 144 Å². The van der Waals surface area contributed by atoms with Crippen LogP contribution in [0.4, 0.5) is 10.1 Å². The van der Waals surface area contributed by atoms with E-state index in [1.165, 1.54) is 10.7 Å². The molecule has 1 N–H and O–H groups in total. The topological polar surface area (TPSA) is 67.2 Å². The molecule has 1 aliphatic heterocycles. The van der Waals surface area contributed by atoms with Crippen LogP contribution in [0.5, 0.6) is 0 Å². The fraction of sp³-hybridized carbons (Fsp3) is 0.389. The summed E-state index contributed by atoms with van der Waals surface area (Å²) in [5.41, 5.74) is 0.693. The molecule has 7 heteroatoms. The molecule has 0 radical (unpaired) electrons. The highest BCUT2D eigenvalue weighted by molar-refractivity contribution is 5.98. The van der Waals surface area contributed by atoms with Crippen LogP contribution in [0.3, 0.4) is 0 Å². The maximum absolute atomic E-state index is 14.3. The molecule has 2 fully saturated rings. The van der Waals surface area contributed by atoms with Crippen molar-refractivity contribution < 1.29 is 14.0 Å². The van der Waals surface area contributed by atoms with Crippen molar-refractivity contribution in [3.8, 4) is 5.69 Å². The average molecular weight is 342 g/mol. The van der Waals surface area contributed by atoms with Gasteiger partial charge in [0.05, 0.1) is 0 Å². The van der Waals surface area contributed by atoms with Crippen LogP contribution < -0.4 is 5.32 Å². The quantitative estimate of drug-likeness (QED) is 0.927. The van der Waals surface area contributed by atoms with E-state index in [0.29, 0.717) is 24.3 Å². The van der Waals surface area contributed by atoms with Gasteiger partial charge in [0, 0.05) is 30.5 Å². The first-order chi connectivity index (χ1) is 12.1. The molecule has 2 aliphatic rings. The molecule has 0 spiro atoms. The lowest BCUT2D eigenvalue weighted by Crippen LogP contribution is -2.43. The zero-order valence-electron chi connectivity index (χ0n) is 13.7. The minimum absolute atomic E-state index is 0.0814. The number of nitrogens with zero attached hydrogens (tertiary/aromatic N) is 3. The van der Waals surface area contributed by atoms with E-state index < -0.39 is 11.9 Å². The average Bonchev–Trinajstić information content (AvgIpc) is 3.10. The SMILES string of the molecule is O=C(Nc1ccc(-n2cccn2)c(F)c1)[C@@H]1CCCN1C(=O)C1CC1. The Morgan fingerprint density at radius 3 is 2.76 bits per heavy atom. The number of hydrogen-bond donors (Lipinski definition) is 1. The third-order valence-electron chi connectivity index (χ3n) is 4.73. The minimum atomic E-state index is -0.473. The Kier molecular flexibility index (Phi) is 3.99. The van der Waals surface area contributed by atoms with Gasteiger partial charge in [-0.25, -0.2) is 9.07 Å². The molecule has 0 unspecified atom stereocenters. The van der Waals surface area contributed by atoms with Gasteiger partial charge in [-0.2, -0.15) is 5.10 Å². The first kappa shape index (κ1) is 15.8. The summed E-state index contributed by atoms with van der Waals surface area (Å²) in [5, 5.41) is 6.74. The van der Waals surface area contributed by atoms with Crippen LogP contribution >= 0.6 is 0 Å². The molecule has 1 aromatic heterocycles. The van der Waals surface area contributed by atoms with Gasteiger partial charge in [-0.1, -0.05) is 0 Å². The fourth-order valence-electron chi connectivity index (χ4n) is 3.28. The molecule has 1 aliphatic carbocycles. The summed E-state index contributed by atoms with van der Waals surface area (Å²) in [7, 11) is 0. The molecule has 2 amide bonds. The van der Waals surface area contributed by atoms with E-state index in [2.05, 4.69) is 10.4 Å². The summed E-state index contributed by atoms with van der Waals surface area (Å²) in [6.07, 6.45) is 6.53. The van der Waals surface area contributed by atoms with Gasteiger partial charge < -0.3 is 10.2 Å². The fourth-order valence-corrected chi connectivity index (χ4v) is 3.28. The van der Waals surface area contributed by atoms with Crippen LogP contribution in [0.25, 0.3) is 5.69 Å². The Morgan fingerprint density at radius 2 is 2.08 bits per heavy atom. The Balaban J connectivity index is 1.47. The normalized spacial score (nSPS) is 19.9. The zero-order chi connectivity index (χ0) is 17.4. The van der Waals surface area contributed by atoms with Gasteiger partial charge in [-0.15, -0.1) is 0 Å². The molecule has 1 atom stereocenters. The van der Waals surface area contributed by atoms with Crippen molar-refractivity contribution in [2.75, 3.05) is 11.9 Å². The van der Waals surface area contributed by atoms with Crippen molar-refractivity contribution >= 4 is 17.5 Å². The molecule has 1 saturated carbocycles. The largest absolute Gasteiger partial charge is 0.330 e. The lowest BCUT2D eigenvalue weighted by molar-refractivity contribution is -0.137. The number of carbonyl (C=O) groups is 2. The summed E-state index contributed by atoms with van der Waals surface area (Å²) >= 11 is 0. The van der Waals surface area contributed by atoms with Crippen molar-refractivity contribution in [1.82, 2.24) is 14.7 Å². The summed E-state index contributed by atoms with van der Waals surface area (Å²) in [6.45, 7) is 0.625. The number of likely N-dealkylation sites (tertiary alicyclic amines) is 1. The Hall–Kier alpha value is -2.70. The number of nitrogens with one attached hydrogen (secondary N) is 1. The number of hydrogen-bond acceptors (Lipinski definition) is 3. The second kappa shape index (κ2) is 6.31. The first-order valence-electron chi connectivity index (χ1n) is 8.54. The predicted molar refractivity (Wildman–Crippen MR) is 89.6 cm³/mol. The van der Waals surface area contributed by atoms with Crippen molar-refractivity contribution in [2.24, 2.45) is 5.92 Å². The van der Waals surface area contributed by atoms with Gasteiger partial charge in [-0.3, -0.25) is 9.59 Å². The van der Waals surface area contributed by atoms with Gasteiger partial charge in [0.2, 0.25) is 11.8 Å². The number of rotatable bonds is 4. The maximum atomic E-state index is 14.3. The van der Waals surface area contributed by atoms with Crippen LogP contribution in [-0.4, -0.2) is 39.1 Å². The van der Waals surface area contributed by atoms with Crippen LogP contribution in [0, 0.1) is 11.7 Å². The third-order valence-corrected chi connectivity index (χ3v) is 4.73. The van der Waals surface area contributed by atoms with E-state index in [-0.39, 0.29) is 17.7 Å². The number of amides is 2. The first-order valence-corrected chi connectivity index (χ1v) is 8.54. The molecule has 2 heterocycles. The summed E-state index contributed by atoms with van der Waals surface area (Å²) in [4.78, 5) is 26.5. The van der Waals surface area contributed by atoms with Crippen molar-refractivity contribution in [2.45, 2.75) is 31.7 Å². The monoisotopic (exact) mass is 342 g/mol. The van der Waals surface area contributed by atoms with Gasteiger partial charge in [0.15, 0.2) is 5.82 Å². The molecule has 2 aromatic rings.